The maximum absolute atomic E-state index is 12.9. The SMILES string of the molecule is COc1c(Br)cc(Br)cc1C(=O)Nc1sc2c(c1C(N)=O)CC[C@H](C)C2. The van der Waals surface area contributed by atoms with Gasteiger partial charge in [-0.15, -0.1) is 11.3 Å². The molecule has 5 nitrogen and oxygen atoms in total. The van der Waals surface area contributed by atoms with Crippen LogP contribution in [0.25, 0.3) is 0 Å². The second-order valence-corrected chi connectivity index (χ2v) is 9.22. The molecule has 1 aromatic carbocycles. The lowest BCUT2D eigenvalue weighted by Gasteiger charge is -2.18. The number of ether oxygens (including phenoxy) is 1. The zero-order chi connectivity index (χ0) is 19.0. The number of thiophene rings is 1. The molecule has 1 aromatic heterocycles. The summed E-state index contributed by atoms with van der Waals surface area (Å²) in [5, 5.41) is 3.38. The molecule has 3 N–H and O–H groups in total. The molecule has 1 aliphatic carbocycles. The number of methoxy groups -OCH3 is 1. The van der Waals surface area contributed by atoms with Crippen molar-refractivity contribution < 1.29 is 14.3 Å². The van der Waals surface area contributed by atoms with E-state index >= 15 is 0 Å². The number of hydrogen-bond acceptors (Lipinski definition) is 4. The Labute approximate surface area is 172 Å². The molecule has 0 saturated carbocycles. The zero-order valence-electron chi connectivity index (χ0n) is 14.3. The van der Waals surface area contributed by atoms with Crippen LogP contribution >= 0.6 is 43.2 Å². The molecular weight excluding hydrogens is 484 g/mol. The Balaban J connectivity index is 2.00. The lowest BCUT2D eigenvalue weighted by molar-refractivity contribution is 0.1000. The molecule has 1 aliphatic rings. The number of carbonyl (C=O) groups is 2. The quantitative estimate of drug-likeness (QED) is 0.633. The zero-order valence-corrected chi connectivity index (χ0v) is 18.3. The van der Waals surface area contributed by atoms with E-state index in [9.17, 15) is 9.59 Å². The van der Waals surface area contributed by atoms with Gasteiger partial charge in [-0.2, -0.15) is 0 Å². The van der Waals surface area contributed by atoms with Crippen molar-refractivity contribution in [3.05, 3.63) is 42.6 Å². The number of primary amides is 1. The fourth-order valence-corrected chi connectivity index (χ4v) is 6.00. The summed E-state index contributed by atoms with van der Waals surface area (Å²) in [5.41, 5.74) is 7.41. The Morgan fingerprint density at radius 1 is 1.35 bits per heavy atom. The molecule has 0 fully saturated rings. The van der Waals surface area contributed by atoms with Crippen LogP contribution in [0.15, 0.2) is 21.1 Å². The minimum absolute atomic E-state index is 0.349. The highest BCUT2D eigenvalue weighted by Crippen LogP contribution is 2.40. The summed E-state index contributed by atoms with van der Waals surface area (Å²) < 4.78 is 6.75. The van der Waals surface area contributed by atoms with Crippen LogP contribution < -0.4 is 15.8 Å². The van der Waals surface area contributed by atoms with E-state index in [4.69, 9.17) is 10.5 Å². The number of halogens is 2. The second kappa shape index (κ2) is 7.70. The van der Waals surface area contributed by atoms with Crippen LogP contribution in [0, 0.1) is 5.92 Å². The van der Waals surface area contributed by atoms with Crippen molar-refractivity contribution in [2.75, 3.05) is 12.4 Å². The molecule has 2 amide bonds. The molecule has 3 rings (SSSR count). The smallest absolute Gasteiger partial charge is 0.260 e. The number of anilines is 1. The molecule has 0 spiro atoms. The lowest BCUT2D eigenvalue weighted by Crippen LogP contribution is -2.19. The van der Waals surface area contributed by atoms with Crippen molar-refractivity contribution in [1.82, 2.24) is 0 Å². The van der Waals surface area contributed by atoms with Crippen LogP contribution in [0.2, 0.25) is 0 Å². The van der Waals surface area contributed by atoms with Crippen molar-refractivity contribution in [3.63, 3.8) is 0 Å². The highest BCUT2D eigenvalue weighted by Gasteiger charge is 2.28. The van der Waals surface area contributed by atoms with Gasteiger partial charge in [-0.3, -0.25) is 9.59 Å². The van der Waals surface area contributed by atoms with Gasteiger partial charge in [0.2, 0.25) is 0 Å². The van der Waals surface area contributed by atoms with E-state index in [1.165, 1.54) is 18.4 Å². The largest absolute Gasteiger partial charge is 0.495 e. The number of amides is 2. The van der Waals surface area contributed by atoms with Crippen molar-refractivity contribution in [3.8, 4) is 5.75 Å². The highest BCUT2D eigenvalue weighted by molar-refractivity contribution is 9.11. The van der Waals surface area contributed by atoms with Gasteiger partial charge >= 0.3 is 0 Å². The lowest BCUT2D eigenvalue weighted by atomic mass is 9.88. The van der Waals surface area contributed by atoms with E-state index < -0.39 is 5.91 Å². The summed E-state index contributed by atoms with van der Waals surface area (Å²) in [6.07, 6.45) is 2.73. The first-order chi connectivity index (χ1) is 12.3. The number of benzene rings is 1. The maximum Gasteiger partial charge on any atom is 0.260 e. The van der Waals surface area contributed by atoms with Gasteiger partial charge in [0.05, 0.1) is 22.7 Å². The predicted molar refractivity (Wildman–Crippen MR) is 110 cm³/mol. The number of hydrogen-bond donors (Lipinski definition) is 2. The topological polar surface area (TPSA) is 81.4 Å². The molecule has 0 aliphatic heterocycles. The minimum atomic E-state index is -0.505. The van der Waals surface area contributed by atoms with Crippen molar-refractivity contribution in [2.45, 2.75) is 26.2 Å². The van der Waals surface area contributed by atoms with Gasteiger partial charge in [-0.25, -0.2) is 0 Å². The molecule has 1 atom stereocenters. The first kappa shape index (κ1) is 19.4. The standard InChI is InChI=1S/C18H18Br2N2O3S/c1-8-3-4-10-13(5-8)26-18(14(10)16(21)23)22-17(24)11-6-9(19)7-12(20)15(11)25-2/h6-8H,3-5H2,1-2H3,(H2,21,23)(H,22,24)/t8-/m0/s1. The van der Waals surface area contributed by atoms with Crippen molar-refractivity contribution in [2.24, 2.45) is 11.7 Å². The summed E-state index contributed by atoms with van der Waals surface area (Å²) in [6, 6.07) is 3.48. The Morgan fingerprint density at radius 2 is 2.08 bits per heavy atom. The molecule has 1 heterocycles. The van der Waals surface area contributed by atoms with E-state index in [0.29, 0.717) is 32.3 Å². The Kier molecular flexibility index (Phi) is 5.74. The van der Waals surface area contributed by atoms with Crippen molar-refractivity contribution in [1.29, 1.82) is 0 Å². The number of nitrogens with two attached hydrogens (primary N) is 1. The second-order valence-electron chi connectivity index (χ2n) is 6.34. The summed E-state index contributed by atoms with van der Waals surface area (Å²) >= 11 is 8.22. The fraction of sp³-hybridized carbons (Fsp3) is 0.333. The van der Waals surface area contributed by atoms with E-state index in [1.54, 1.807) is 12.1 Å². The van der Waals surface area contributed by atoms with Gasteiger partial charge < -0.3 is 15.8 Å². The molecular formula is C18H18Br2N2O3S. The van der Waals surface area contributed by atoms with E-state index in [-0.39, 0.29) is 5.91 Å². The monoisotopic (exact) mass is 500 g/mol. The van der Waals surface area contributed by atoms with Crippen LogP contribution in [-0.4, -0.2) is 18.9 Å². The summed E-state index contributed by atoms with van der Waals surface area (Å²) in [5.74, 6) is 0.139. The summed E-state index contributed by atoms with van der Waals surface area (Å²) in [6.45, 7) is 2.19. The average molecular weight is 502 g/mol. The normalized spacial score (nSPS) is 16.1. The first-order valence-corrected chi connectivity index (χ1v) is 10.5. The number of rotatable bonds is 4. The number of carbonyl (C=O) groups excluding carboxylic acids is 2. The van der Waals surface area contributed by atoms with Gasteiger partial charge in [-0.1, -0.05) is 22.9 Å². The highest BCUT2D eigenvalue weighted by atomic mass is 79.9. The third-order valence-corrected chi connectivity index (χ3v) is 6.66. The fourth-order valence-electron chi connectivity index (χ4n) is 3.21. The van der Waals surface area contributed by atoms with Crippen LogP contribution in [0.5, 0.6) is 5.75 Å². The summed E-state index contributed by atoms with van der Waals surface area (Å²) in [7, 11) is 1.50. The molecule has 8 heteroatoms. The number of fused-ring (bicyclic) bond motifs is 1. The molecule has 0 bridgehead atoms. The number of nitrogens with one attached hydrogen (secondary N) is 1. The Morgan fingerprint density at radius 3 is 2.73 bits per heavy atom. The van der Waals surface area contributed by atoms with Gasteiger partial charge in [-0.05, 0) is 58.8 Å². The van der Waals surface area contributed by atoms with Gasteiger partial charge in [0.25, 0.3) is 11.8 Å². The third-order valence-electron chi connectivity index (χ3n) is 4.44. The van der Waals surface area contributed by atoms with Gasteiger partial charge in [0, 0.05) is 9.35 Å². The molecule has 26 heavy (non-hydrogen) atoms. The average Bonchev–Trinajstić information content (AvgIpc) is 2.91. The summed E-state index contributed by atoms with van der Waals surface area (Å²) in [4.78, 5) is 26.0. The minimum Gasteiger partial charge on any atom is -0.495 e. The third kappa shape index (κ3) is 3.68. The predicted octanol–water partition coefficient (Wildman–Crippen LogP) is 4.76. The molecule has 2 aromatic rings. The Bertz CT molecular complexity index is 895. The van der Waals surface area contributed by atoms with Crippen molar-refractivity contribution >= 4 is 60.0 Å². The Hall–Kier alpha value is -1.38. The molecule has 0 radical (unpaired) electrons. The molecule has 0 unspecified atom stereocenters. The van der Waals surface area contributed by atoms with E-state index in [0.717, 1.165) is 34.2 Å². The molecule has 138 valence electrons. The van der Waals surface area contributed by atoms with Crippen LogP contribution in [0.1, 0.15) is 44.5 Å². The van der Waals surface area contributed by atoms with Gasteiger partial charge in [0.15, 0.2) is 0 Å². The first-order valence-electron chi connectivity index (χ1n) is 8.10. The van der Waals surface area contributed by atoms with Gasteiger partial charge in [0.1, 0.15) is 10.8 Å². The van der Waals surface area contributed by atoms with Crippen LogP contribution in [0.4, 0.5) is 5.00 Å². The van der Waals surface area contributed by atoms with Crippen LogP contribution in [0.3, 0.4) is 0 Å². The maximum atomic E-state index is 12.9. The van der Waals surface area contributed by atoms with E-state index in [2.05, 4.69) is 44.1 Å². The van der Waals surface area contributed by atoms with E-state index in [1.807, 2.05) is 0 Å². The molecule has 0 saturated heterocycles. The van der Waals surface area contributed by atoms with Crippen LogP contribution in [-0.2, 0) is 12.8 Å².